The normalized spacial score (nSPS) is 17.2. The smallest absolute Gasteiger partial charge is 0.224 e. The number of carbonyl (C=O) groups excluding carboxylic acids is 1. The van der Waals surface area contributed by atoms with Crippen molar-refractivity contribution < 1.29 is 17.9 Å². The molecule has 1 aliphatic heterocycles. The summed E-state index contributed by atoms with van der Waals surface area (Å²) in [4.78, 5) is 12.5. The van der Waals surface area contributed by atoms with Crippen LogP contribution in [0.15, 0.2) is 59.5 Å². The summed E-state index contributed by atoms with van der Waals surface area (Å²) in [5, 5.41) is 2.86. The van der Waals surface area contributed by atoms with E-state index in [1.54, 1.807) is 54.6 Å². The maximum absolute atomic E-state index is 12.6. The highest BCUT2D eigenvalue weighted by molar-refractivity contribution is 7.90. The third kappa shape index (κ3) is 4.93. The molecule has 0 saturated carbocycles. The third-order valence-corrected chi connectivity index (χ3v) is 6.22. The highest BCUT2D eigenvalue weighted by Crippen LogP contribution is 2.23. The Kier molecular flexibility index (Phi) is 6.06. The van der Waals surface area contributed by atoms with Crippen LogP contribution in [0.1, 0.15) is 24.8 Å². The summed E-state index contributed by atoms with van der Waals surface area (Å²) in [6.45, 7) is 1.49. The van der Waals surface area contributed by atoms with Gasteiger partial charge in [-0.25, -0.2) is 8.42 Å². The van der Waals surface area contributed by atoms with Crippen molar-refractivity contribution in [3.63, 3.8) is 0 Å². The van der Waals surface area contributed by atoms with E-state index in [9.17, 15) is 13.2 Å². The van der Waals surface area contributed by atoms with Gasteiger partial charge in [0.25, 0.3) is 0 Å². The fourth-order valence-electron chi connectivity index (χ4n) is 3.04. The predicted octanol–water partition coefficient (Wildman–Crippen LogP) is 3.42. The summed E-state index contributed by atoms with van der Waals surface area (Å²) in [5.41, 5.74) is 1.15. The van der Waals surface area contributed by atoms with Crippen molar-refractivity contribution >= 4 is 21.4 Å². The first-order valence-electron chi connectivity index (χ1n) is 8.78. The number of rotatable bonds is 7. The second-order valence-electron chi connectivity index (χ2n) is 6.55. The van der Waals surface area contributed by atoms with Crippen LogP contribution in [0, 0.1) is 5.92 Å². The molecular weight excluding hydrogens is 350 g/mol. The summed E-state index contributed by atoms with van der Waals surface area (Å²) < 4.78 is 30.6. The van der Waals surface area contributed by atoms with Gasteiger partial charge in [0.2, 0.25) is 5.91 Å². The van der Waals surface area contributed by atoms with Crippen LogP contribution in [-0.2, 0) is 25.1 Å². The van der Waals surface area contributed by atoms with E-state index in [4.69, 9.17) is 4.74 Å². The monoisotopic (exact) mass is 373 g/mol. The van der Waals surface area contributed by atoms with Gasteiger partial charge in [-0.1, -0.05) is 36.4 Å². The molecule has 0 bridgehead atoms. The molecule has 1 atom stereocenters. The zero-order chi connectivity index (χ0) is 18.4. The van der Waals surface area contributed by atoms with Crippen molar-refractivity contribution in [2.75, 3.05) is 18.5 Å². The lowest BCUT2D eigenvalue weighted by atomic mass is 10.0. The molecule has 0 spiro atoms. The first-order valence-corrected chi connectivity index (χ1v) is 10.4. The third-order valence-electron chi connectivity index (χ3n) is 4.54. The van der Waals surface area contributed by atoms with Gasteiger partial charge in [0.1, 0.15) is 0 Å². The first-order chi connectivity index (χ1) is 12.5. The molecule has 1 heterocycles. The van der Waals surface area contributed by atoms with E-state index in [0.717, 1.165) is 26.1 Å². The van der Waals surface area contributed by atoms with E-state index < -0.39 is 9.84 Å². The second-order valence-corrected chi connectivity index (χ2v) is 8.54. The Bertz CT molecular complexity index is 843. The van der Waals surface area contributed by atoms with Gasteiger partial charge in [0.05, 0.1) is 10.6 Å². The molecule has 2 aromatic carbocycles. The maximum atomic E-state index is 12.6. The molecule has 0 radical (unpaired) electrons. The summed E-state index contributed by atoms with van der Waals surface area (Å²) >= 11 is 0. The van der Waals surface area contributed by atoms with E-state index in [2.05, 4.69) is 5.32 Å². The molecule has 2 aromatic rings. The molecule has 1 unspecified atom stereocenters. The molecule has 0 aliphatic carbocycles. The predicted molar refractivity (Wildman–Crippen MR) is 101 cm³/mol. The Labute approximate surface area is 154 Å². The van der Waals surface area contributed by atoms with Crippen molar-refractivity contribution in [1.82, 2.24) is 0 Å². The molecule has 1 aliphatic rings. The Hall–Kier alpha value is -2.18. The number of para-hydroxylation sites is 1. The first kappa shape index (κ1) is 18.6. The number of anilines is 1. The van der Waals surface area contributed by atoms with Gasteiger partial charge < -0.3 is 10.1 Å². The Morgan fingerprint density at radius 2 is 1.81 bits per heavy atom. The van der Waals surface area contributed by atoms with Crippen molar-refractivity contribution in [3.05, 3.63) is 60.2 Å². The SMILES string of the molecule is O=C(CCC1CCOC1)Nc1ccccc1CS(=O)(=O)c1ccccc1. The van der Waals surface area contributed by atoms with E-state index in [1.807, 2.05) is 0 Å². The molecule has 6 heteroatoms. The van der Waals surface area contributed by atoms with Gasteiger partial charge in [-0.3, -0.25) is 4.79 Å². The Balaban J connectivity index is 1.67. The van der Waals surface area contributed by atoms with Crippen LogP contribution in [0.4, 0.5) is 5.69 Å². The summed E-state index contributed by atoms with van der Waals surface area (Å²) in [5.74, 6) is 0.195. The zero-order valence-electron chi connectivity index (χ0n) is 14.6. The molecule has 138 valence electrons. The van der Waals surface area contributed by atoms with E-state index >= 15 is 0 Å². The van der Waals surface area contributed by atoms with Crippen LogP contribution in [0.25, 0.3) is 0 Å². The number of nitrogens with one attached hydrogen (secondary N) is 1. The summed E-state index contributed by atoms with van der Waals surface area (Å²) in [6, 6.07) is 15.4. The number of benzene rings is 2. The molecule has 26 heavy (non-hydrogen) atoms. The van der Waals surface area contributed by atoms with Crippen molar-refractivity contribution in [2.45, 2.75) is 29.9 Å². The fraction of sp³-hybridized carbons (Fsp3) is 0.350. The van der Waals surface area contributed by atoms with E-state index in [-0.39, 0.29) is 16.6 Å². The molecule has 1 N–H and O–H groups in total. The largest absolute Gasteiger partial charge is 0.381 e. The Morgan fingerprint density at radius 1 is 1.08 bits per heavy atom. The lowest BCUT2D eigenvalue weighted by Gasteiger charge is -2.12. The second kappa shape index (κ2) is 8.47. The number of sulfone groups is 1. The molecule has 0 aromatic heterocycles. The van der Waals surface area contributed by atoms with E-state index in [1.165, 1.54) is 0 Å². The van der Waals surface area contributed by atoms with Gasteiger partial charge >= 0.3 is 0 Å². The van der Waals surface area contributed by atoms with Gasteiger partial charge in [-0.2, -0.15) is 0 Å². The van der Waals surface area contributed by atoms with Crippen LogP contribution in [-0.4, -0.2) is 27.5 Å². The van der Waals surface area contributed by atoms with Crippen LogP contribution in [0.5, 0.6) is 0 Å². The molecule has 1 saturated heterocycles. The maximum Gasteiger partial charge on any atom is 0.224 e. The number of amides is 1. The highest BCUT2D eigenvalue weighted by Gasteiger charge is 2.19. The molecular formula is C20H23NO4S. The van der Waals surface area contributed by atoms with Crippen LogP contribution < -0.4 is 5.32 Å². The quantitative estimate of drug-likeness (QED) is 0.807. The molecule has 5 nitrogen and oxygen atoms in total. The van der Waals surface area contributed by atoms with Crippen molar-refractivity contribution in [2.24, 2.45) is 5.92 Å². The summed E-state index contributed by atoms with van der Waals surface area (Å²) in [6.07, 6.45) is 2.20. The van der Waals surface area contributed by atoms with Gasteiger partial charge in [-0.05, 0) is 42.5 Å². The fourth-order valence-corrected chi connectivity index (χ4v) is 4.44. The highest BCUT2D eigenvalue weighted by atomic mass is 32.2. The lowest BCUT2D eigenvalue weighted by Crippen LogP contribution is -2.15. The van der Waals surface area contributed by atoms with Crippen LogP contribution in [0.3, 0.4) is 0 Å². The van der Waals surface area contributed by atoms with Crippen molar-refractivity contribution in [1.29, 1.82) is 0 Å². The topological polar surface area (TPSA) is 72.5 Å². The van der Waals surface area contributed by atoms with Gasteiger partial charge in [0, 0.05) is 25.3 Å². The number of hydrogen-bond acceptors (Lipinski definition) is 4. The molecule has 3 rings (SSSR count). The standard InChI is InChI=1S/C20H23NO4S/c22-20(11-10-16-12-13-25-14-16)21-19-9-5-4-6-17(19)15-26(23,24)18-7-2-1-3-8-18/h1-9,16H,10-15H2,(H,21,22). The number of hydrogen-bond donors (Lipinski definition) is 1. The molecule has 1 amide bonds. The van der Waals surface area contributed by atoms with Crippen molar-refractivity contribution in [3.8, 4) is 0 Å². The average molecular weight is 373 g/mol. The molecule has 1 fully saturated rings. The van der Waals surface area contributed by atoms with Gasteiger partial charge in [0.15, 0.2) is 9.84 Å². The summed E-state index contributed by atoms with van der Waals surface area (Å²) in [7, 11) is -3.46. The lowest BCUT2D eigenvalue weighted by molar-refractivity contribution is -0.116. The van der Waals surface area contributed by atoms with Crippen LogP contribution >= 0.6 is 0 Å². The minimum atomic E-state index is -3.46. The number of carbonyl (C=O) groups is 1. The van der Waals surface area contributed by atoms with Gasteiger partial charge in [-0.15, -0.1) is 0 Å². The zero-order valence-corrected chi connectivity index (χ0v) is 15.4. The Morgan fingerprint density at radius 3 is 2.54 bits per heavy atom. The van der Waals surface area contributed by atoms with Crippen LogP contribution in [0.2, 0.25) is 0 Å². The minimum absolute atomic E-state index is 0.0959. The number of ether oxygens (including phenoxy) is 1. The minimum Gasteiger partial charge on any atom is -0.381 e. The average Bonchev–Trinajstić information content (AvgIpc) is 3.16. The van der Waals surface area contributed by atoms with E-state index in [0.29, 0.717) is 23.6 Å².